The average Bonchev–Trinajstić information content (AvgIpc) is 3.08. The molecule has 0 radical (unpaired) electrons. The molecule has 0 spiro atoms. The molecule has 4 aromatic heterocycles. The van der Waals surface area contributed by atoms with Gasteiger partial charge in [-0.3, -0.25) is 5.32 Å². The Morgan fingerprint density at radius 2 is 1.06 bits per heavy atom. The molecule has 0 unspecified atom stereocenters. The minimum atomic E-state index is -2.07. The van der Waals surface area contributed by atoms with Crippen molar-refractivity contribution in [2.24, 2.45) is 0 Å². The Hall–Kier alpha value is -4.08. The van der Waals surface area contributed by atoms with Crippen LogP contribution in [0.25, 0.3) is 0 Å². The van der Waals surface area contributed by atoms with Crippen molar-refractivity contribution in [1.82, 2.24) is 19.9 Å². The summed E-state index contributed by atoms with van der Waals surface area (Å²) < 4.78 is 21.6. The van der Waals surface area contributed by atoms with Crippen LogP contribution in [0.2, 0.25) is 14.8 Å². The number of pyridine rings is 4. The van der Waals surface area contributed by atoms with E-state index in [9.17, 15) is 19.2 Å². The first-order chi connectivity index (χ1) is 24.0. The quantitative estimate of drug-likeness (QED) is 0.134. The molecule has 0 fully saturated rings. The van der Waals surface area contributed by atoms with Crippen LogP contribution in [0.3, 0.4) is 0 Å². The van der Waals surface area contributed by atoms with Gasteiger partial charge in [-0.05, 0) is 36.4 Å². The zero-order valence-corrected chi connectivity index (χ0v) is 36.3. The summed E-state index contributed by atoms with van der Waals surface area (Å²) >= 11 is 7.61. The minimum Gasteiger partial charge on any atom is -0.453 e. The average molecular weight is 1010 g/mol. The summed E-state index contributed by atoms with van der Waals surface area (Å²) in [5.41, 5.74) is 5.32. The Labute approximate surface area is 324 Å². The van der Waals surface area contributed by atoms with E-state index in [4.69, 9.17) is 5.73 Å². The van der Waals surface area contributed by atoms with Crippen molar-refractivity contribution < 1.29 is 38.1 Å². The van der Waals surface area contributed by atoms with Gasteiger partial charge in [0.05, 0.1) is 21.3 Å². The molecule has 4 rings (SSSR count). The number of amides is 4. The Balaban J connectivity index is 0.000000349. The van der Waals surface area contributed by atoms with E-state index in [1.54, 1.807) is 42.9 Å². The Bertz CT molecular complexity index is 1720. The number of hydrogen-bond acceptors (Lipinski definition) is 13. The molecule has 0 aromatic carbocycles. The van der Waals surface area contributed by atoms with Gasteiger partial charge in [0, 0.05) is 32.0 Å². The Kier molecular flexibility index (Phi) is 20.6. The molecule has 20 heteroatoms. The predicted molar refractivity (Wildman–Crippen MR) is 207 cm³/mol. The molecule has 0 aliphatic heterocycles. The van der Waals surface area contributed by atoms with Gasteiger partial charge in [-0.25, -0.2) is 29.3 Å². The summed E-state index contributed by atoms with van der Waals surface area (Å²) in [6.45, 7) is 0. The van der Waals surface area contributed by atoms with Crippen LogP contribution >= 0.6 is 47.8 Å². The molecule has 0 saturated heterocycles. The molecule has 4 heterocycles. The van der Waals surface area contributed by atoms with Gasteiger partial charge in [-0.2, -0.15) is 4.90 Å². The van der Waals surface area contributed by atoms with Gasteiger partial charge in [-0.1, -0.05) is 47.8 Å². The van der Waals surface area contributed by atoms with E-state index < -0.39 is 42.7 Å². The summed E-state index contributed by atoms with van der Waals surface area (Å²) in [5.74, 6) is 1.68. The van der Waals surface area contributed by atoms with Gasteiger partial charge >= 0.3 is 112 Å². The number of halogens is 3. The van der Waals surface area contributed by atoms with Crippen LogP contribution in [-0.4, -0.2) is 91.1 Å². The number of nitrogens with zero attached hydrogens (tertiary/aromatic N) is 5. The molecule has 16 nitrogen and oxygen atoms in total. The first-order valence-corrected chi connectivity index (χ1v) is 26.6. The molecule has 4 amide bonds. The number of imide groups is 1. The molecule has 4 aromatic rings. The predicted octanol–water partition coefficient (Wildman–Crippen LogP) is 7.44. The summed E-state index contributed by atoms with van der Waals surface area (Å²) in [4.78, 5) is 67.7. The number of ether oxygens (including phenoxy) is 4. The standard InChI is InChI=1S/C9H9BrN2O4.C7H7BrN2O2.C7H7N2O2.C5H5BrN2.3CH3.Sn/c1-15-8(13)12(9(14)16-2)7-5-6(10)3-4-11-7;1-12-7(11)10-6-4-5(8)2-3-9-6;1-11-7(10)9-6-4-2-3-5-8-6;6-4-1-2-8-5(7)3-4;;;;/h3-5H,1-2H3;2-4H,1H3,(H,9,10,11);3-5H,1H3,(H,8,9,10);1-3H,(H2,7,8);3*1H3;. The van der Waals surface area contributed by atoms with E-state index >= 15 is 0 Å². The number of anilines is 4. The fourth-order valence-corrected chi connectivity index (χ4v) is 7.41. The van der Waals surface area contributed by atoms with Crippen LogP contribution in [0.15, 0.2) is 86.7 Å². The molecular weight excluding hydrogens is 971 g/mol. The number of carbonyl (C=O) groups excluding carboxylic acids is 4. The molecule has 0 aliphatic rings. The monoisotopic (exact) mass is 1010 g/mol. The summed E-state index contributed by atoms with van der Waals surface area (Å²) in [7, 11) is 4.96. The van der Waals surface area contributed by atoms with Gasteiger partial charge in [0.15, 0.2) is 0 Å². The van der Waals surface area contributed by atoms with Gasteiger partial charge in [0.2, 0.25) is 0 Å². The second-order valence-electron chi connectivity index (χ2n) is 10.3. The molecule has 274 valence electrons. The maximum absolute atomic E-state index is 11.4. The maximum Gasteiger partial charge on any atom is 0.412 e. The van der Waals surface area contributed by atoms with E-state index in [1.165, 1.54) is 30.1 Å². The number of rotatable bonds is 4. The molecule has 4 N–H and O–H groups in total. The van der Waals surface area contributed by atoms with Crippen molar-refractivity contribution in [3.05, 3.63) is 86.7 Å². The van der Waals surface area contributed by atoms with Gasteiger partial charge in [-0.15, -0.1) is 0 Å². The zero-order chi connectivity index (χ0) is 38.6. The third-order valence-electron chi connectivity index (χ3n) is 5.57. The summed E-state index contributed by atoms with van der Waals surface area (Å²) in [6, 6.07) is 14.1. The number of aromatic nitrogens is 4. The number of nitrogens with two attached hydrogens (primary N) is 1. The minimum absolute atomic E-state index is 0.119. The first-order valence-electron chi connectivity index (χ1n) is 14.3. The first kappa shape index (κ1) is 44.9. The van der Waals surface area contributed by atoms with Crippen LogP contribution in [-0.2, 0) is 18.9 Å². The van der Waals surface area contributed by atoms with Crippen LogP contribution in [0, 0.1) is 0 Å². The van der Waals surface area contributed by atoms with Crippen LogP contribution in [0.1, 0.15) is 0 Å². The van der Waals surface area contributed by atoms with Crippen LogP contribution in [0.5, 0.6) is 0 Å². The van der Waals surface area contributed by atoms with Crippen molar-refractivity contribution in [3.63, 3.8) is 0 Å². The summed E-state index contributed by atoms with van der Waals surface area (Å²) in [6.07, 6.45) is 3.66. The fourth-order valence-electron chi connectivity index (χ4n) is 3.13. The fraction of sp³-hybridized carbons (Fsp3) is 0.226. The maximum atomic E-state index is 11.4. The number of methoxy groups -OCH3 is 4. The topological polar surface area (TPSA) is 210 Å². The van der Waals surface area contributed by atoms with Crippen molar-refractivity contribution >= 4 is 117 Å². The second kappa shape index (κ2) is 23.4. The number of nitrogens with one attached hydrogen (secondary N) is 2. The molecule has 0 bridgehead atoms. The van der Waals surface area contributed by atoms with Crippen LogP contribution in [0.4, 0.5) is 42.4 Å². The molecule has 0 saturated carbocycles. The van der Waals surface area contributed by atoms with Gasteiger partial charge < -0.3 is 19.9 Å². The molecule has 0 atom stereocenters. The van der Waals surface area contributed by atoms with Crippen molar-refractivity contribution in [3.8, 4) is 0 Å². The van der Waals surface area contributed by atoms with E-state index in [-0.39, 0.29) is 5.82 Å². The number of hydrogen-bond donors (Lipinski definition) is 3. The van der Waals surface area contributed by atoms with Crippen molar-refractivity contribution in [2.75, 3.05) is 49.7 Å². The summed E-state index contributed by atoms with van der Waals surface area (Å²) in [5, 5.41) is 5.00. The largest absolute Gasteiger partial charge is 0.453 e. The smallest absolute Gasteiger partial charge is 0.412 e. The van der Waals surface area contributed by atoms with E-state index in [0.717, 1.165) is 23.2 Å². The normalized spacial score (nSPS) is 9.76. The third-order valence-corrected chi connectivity index (χ3v) is 12.9. The molecule has 0 aliphatic carbocycles. The Morgan fingerprint density at radius 1 is 0.627 bits per heavy atom. The third kappa shape index (κ3) is 18.1. The van der Waals surface area contributed by atoms with E-state index in [2.05, 4.69) is 112 Å². The van der Waals surface area contributed by atoms with E-state index in [1.807, 2.05) is 18.2 Å². The number of nitrogen functional groups attached to an aromatic ring is 1. The van der Waals surface area contributed by atoms with Gasteiger partial charge in [0.1, 0.15) is 17.5 Å². The number of carbonyl (C=O) groups is 4. The van der Waals surface area contributed by atoms with Crippen molar-refractivity contribution in [1.29, 1.82) is 0 Å². The van der Waals surface area contributed by atoms with Gasteiger partial charge in [0.25, 0.3) is 0 Å². The van der Waals surface area contributed by atoms with E-state index in [0.29, 0.717) is 26.8 Å². The molecule has 51 heavy (non-hydrogen) atoms. The van der Waals surface area contributed by atoms with Crippen LogP contribution < -0.4 is 24.8 Å². The van der Waals surface area contributed by atoms with Crippen molar-refractivity contribution in [2.45, 2.75) is 14.8 Å². The zero-order valence-electron chi connectivity index (χ0n) is 28.6. The second-order valence-corrected chi connectivity index (χ2v) is 27.5. The Morgan fingerprint density at radius 3 is 1.45 bits per heavy atom. The molecular formula is C31H37Br3N8O8Sn. The SMILES string of the molecule is COC(=O)N(C(=O)OC)c1cc(Br)ccn1.COC(=O)Nc1c[c]([Sn]([CH3])([CH3])[CH3])ccn1.COC(=O)Nc1cc(Br)ccn1.Nc1cc(Br)ccn1.